The fraction of sp³-hybridized carbons (Fsp3) is 0.667. The van der Waals surface area contributed by atoms with E-state index in [2.05, 4.69) is 50.2 Å². The molecule has 0 heterocycles. The van der Waals surface area contributed by atoms with E-state index in [1.54, 1.807) is 5.56 Å². The SMILES string of the molecule is CCCCCCCCCCCCCCCCCCc1ccc(CC)c2ccccc12. The van der Waals surface area contributed by atoms with Crippen LogP contribution in [-0.2, 0) is 12.8 Å². The van der Waals surface area contributed by atoms with Crippen molar-refractivity contribution in [3.05, 3.63) is 47.5 Å². The molecule has 2 aromatic carbocycles. The van der Waals surface area contributed by atoms with Crippen LogP contribution >= 0.6 is 0 Å². The normalized spacial score (nSPS) is 11.4. The van der Waals surface area contributed by atoms with E-state index < -0.39 is 0 Å². The Kier molecular flexibility index (Phi) is 13.6. The highest BCUT2D eigenvalue weighted by molar-refractivity contribution is 5.88. The number of hydrogen-bond donors (Lipinski definition) is 0. The van der Waals surface area contributed by atoms with Gasteiger partial charge in [-0.2, -0.15) is 0 Å². The summed E-state index contributed by atoms with van der Waals surface area (Å²) in [5.41, 5.74) is 3.04. The van der Waals surface area contributed by atoms with Crippen molar-refractivity contribution >= 4 is 10.8 Å². The number of unbranched alkanes of at least 4 members (excludes halogenated alkanes) is 15. The minimum absolute atomic E-state index is 1.12. The molecule has 30 heavy (non-hydrogen) atoms. The molecule has 0 heteroatoms. The molecular formula is C30H48. The summed E-state index contributed by atoms with van der Waals surface area (Å²) in [5, 5.41) is 2.95. The van der Waals surface area contributed by atoms with Crippen LogP contribution in [0.2, 0.25) is 0 Å². The van der Waals surface area contributed by atoms with Gasteiger partial charge in [0.1, 0.15) is 0 Å². The average molecular weight is 409 g/mol. The Balaban J connectivity index is 1.44. The Morgan fingerprint density at radius 1 is 0.433 bits per heavy atom. The van der Waals surface area contributed by atoms with Gasteiger partial charge in [0, 0.05) is 0 Å². The largest absolute Gasteiger partial charge is 0.0654 e. The van der Waals surface area contributed by atoms with Gasteiger partial charge in [0.2, 0.25) is 0 Å². The van der Waals surface area contributed by atoms with Gasteiger partial charge in [-0.25, -0.2) is 0 Å². The lowest BCUT2D eigenvalue weighted by atomic mass is 9.95. The topological polar surface area (TPSA) is 0 Å². The Morgan fingerprint density at radius 2 is 0.833 bits per heavy atom. The first-order chi connectivity index (χ1) is 14.9. The smallest absolute Gasteiger partial charge is 0.0149 e. The molecule has 0 atom stereocenters. The summed E-state index contributed by atoms with van der Waals surface area (Å²) in [5.74, 6) is 0. The summed E-state index contributed by atoms with van der Waals surface area (Å²) in [7, 11) is 0. The number of benzene rings is 2. The first-order valence-electron chi connectivity index (χ1n) is 13.4. The maximum Gasteiger partial charge on any atom is -0.0149 e. The van der Waals surface area contributed by atoms with Gasteiger partial charge in [-0.1, -0.05) is 147 Å². The molecule has 0 fully saturated rings. The molecular weight excluding hydrogens is 360 g/mol. The maximum atomic E-state index is 2.38. The third-order valence-electron chi connectivity index (χ3n) is 6.79. The van der Waals surface area contributed by atoms with Crippen LogP contribution in [0.5, 0.6) is 0 Å². The van der Waals surface area contributed by atoms with Crippen molar-refractivity contribution in [2.24, 2.45) is 0 Å². The minimum Gasteiger partial charge on any atom is -0.0654 e. The second-order valence-corrected chi connectivity index (χ2v) is 9.34. The lowest BCUT2D eigenvalue weighted by Gasteiger charge is -2.10. The second-order valence-electron chi connectivity index (χ2n) is 9.34. The predicted molar refractivity (Wildman–Crippen MR) is 137 cm³/mol. The number of fused-ring (bicyclic) bond motifs is 1. The summed E-state index contributed by atoms with van der Waals surface area (Å²) in [6, 6.07) is 13.7. The molecule has 0 saturated carbocycles. The molecule has 0 amide bonds. The van der Waals surface area contributed by atoms with Crippen molar-refractivity contribution in [3.63, 3.8) is 0 Å². The average Bonchev–Trinajstić information content (AvgIpc) is 2.78. The van der Waals surface area contributed by atoms with Crippen LogP contribution < -0.4 is 0 Å². The molecule has 0 N–H and O–H groups in total. The molecule has 0 radical (unpaired) electrons. The van der Waals surface area contributed by atoms with Crippen molar-refractivity contribution in [3.8, 4) is 0 Å². The monoisotopic (exact) mass is 408 g/mol. The summed E-state index contributed by atoms with van der Waals surface area (Å²) in [6.07, 6.45) is 25.4. The summed E-state index contributed by atoms with van der Waals surface area (Å²) in [6.45, 7) is 4.56. The van der Waals surface area contributed by atoms with E-state index in [9.17, 15) is 0 Å². The highest BCUT2D eigenvalue weighted by Crippen LogP contribution is 2.25. The lowest BCUT2D eigenvalue weighted by Crippen LogP contribution is -1.92. The number of rotatable bonds is 18. The van der Waals surface area contributed by atoms with Crippen LogP contribution in [0.25, 0.3) is 10.8 Å². The molecule has 0 spiro atoms. The molecule has 0 saturated heterocycles. The zero-order chi connectivity index (χ0) is 21.3. The van der Waals surface area contributed by atoms with Crippen molar-refractivity contribution < 1.29 is 0 Å². The van der Waals surface area contributed by atoms with Crippen LogP contribution in [0.3, 0.4) is 0 Å². The molecule has 0 aliphatic heterocycles. The molecule has 0 nitrogen and oxygen atoms in total. The van der Waals surface area contributed by atoms with E-state index in [-0.39, 0.29) is 0 Å². The Hall–Kier alpha value is -1.30. The van der Waals surface area contributed by atoms with Gasteiger partial charge >= 0.3 is 0 Å². The van der Waals surface area contributed by atoms with Gasteiger partial charge in [-0.3, -0.25) is 0 Å². The number of hydrogen-bond acceptors (Lipinski definition) is 0. The molecule has 0 aliphatic carbocycles. The zero-order valence-electron chi connectivity index (χ0n) is 20.2. The van der Waals surface area contributed by atoms with Gasteiger partial charge in [0.25, 0.3) is 0 Å². The standard InChI is InChI=1S/C30H48/c1-3-5-6-7-8-9-10-11-12-13-14-15-16-17-18-19-22-28-26-25-27(4-2)29-23-20-21-24-30(28)29/h20-21,23-26H,3-19,22H2,1-2H3. The lowest BCUT2D eigenvalue weighted by molar-refractivity contribution is 0.529. The molecule has 0 bridgehead atoms. The Bertz CT molecular complexity index is 669. The van der Waals surface area contributed by atoms with E-state index in [0.717, 1.165) is 6.42 Å². The highest BCUT2D eigenvalue weighted by Gasteiger charge is 2.04. The van der Waals surface area contributed by atoms with Gasteiger partial charge < -0.3 is 0 Å². The fourth-order valence-corrected chi connectivity index (χ4v) is 4.81. The van der Waals surface area contributed by atoms with E-state index in [1.165, 1.54) is 125 Å². The van der Waals surface area contributed by atoms with Crippen LogP contribution in [-0.4, -0.2) is 0 Å². The predicted octanol–water partition coefficient (Wildman–Crippen LogP) is 10.2. The Labute approximate surface area is 187 Å². The van der Waals surface area contributed by atoms with Gasteiger partial charge in [0.15, 0.2) is 0 Å². The van der Waals surface area contributed by atoms with Crippen molar-refractivity contribution in [2.75, 3.05) is 0 Å². The quantitative estimate of drug-likeness (QED) is 0.215. The summed E-state index contributed by atoms with van der Waals surface area (Å²) < 4.78 is 0. The van der Waals surface area contributed by atoms with E-state index in [1.807, 2.05) is 0 Å². The maximum absolute atomic E-state index is 2.38. The fourth-order valence-electron chi connectivity index (χ4n) is 4.81. The molecule has 0 aromatic heterocycles. The molecule has 168 valence electrons. The minimum atomic E-state index is 1.12. The van der Waals surface area contributed by atoms with Gasteiger partial charge in [-0.05, 0) is 41.2 Å². The van der Waals surface area contributed by atoms with Crippen molar-refractivity contribution in [2.45, 2.75) is 129 Å². The van der Waals surface area contributed by atoms with Crippen LogP contribution in [0, 0.1) is 0 Å². The highest BCUT2D eigenvalue weighted by atomic mass is 14.1. The second kappa shape index (κ2) is 16.4. The van der Waals surface area contributed by atoms with Crippen LogP contribution in [0.1, 0.15) is 128 Å². The van der Waals surface area contributed by atoms with Gasteiger partial charge in [-0.15, -0.1) is 0 Å². The van der Waals surface area contributed by atoms with Crippen LogP contribution in [0.4, 0.5) is 0 Å². The number of aryl methyl sites for hydroxylation is 2. The third kappa shape index (κ3) is 9.67. The van der Waals surface area contributed by atoms with Crippen molar-refractivity contribution in [1.29, 1.82) is 0 Å². The molecule has 0 unspecified atom stereocenters. The van der Waals surface area contributed by atoms with E-state index in [4.69, 9.17) is 0 Å². The van der Waals surface area contributed by atoms with Crippen molar-refractivity contribution in [1.82, 2.24) is 0 Å². The third-order valence-corrected chi connectivity index (χ3v) is 6.79. The molecule has 2 aromatic rings. The summed E-state index contributed by atoms with van der Waals surface area (Å²) >= 11 is 0. The zero-order valence-corrected chi connectivity index (χ0v) is 20.2. The molecule has 2 rings (SSSR count). The van der Waals surface area contributed by atoms with E-state index >= 15 is 0 Å². The first kappa shape index (κ1) is 25.0. The summed E-state index contributed by atoms with van der Waals surface area (Å²) in [4.78, 5) is 0. The first-order valence-corrected chi connectivity index (χ1v) is 13.4. The molecule has 0 aliphatic rings. The van der Waals surface area contributed by atoms with Gasteiger partial charge in [0.05, 0.1) is 0 Å². The van der Waals surface area contributed by atoms with E-state index in [0.29, 0.717) is 0 Å². The Morgan fingerprint density at radius 3 is 1.30 bits per heavy atom. The van der Waals surface area contributed by atoms with Crippen LogP contribution in [0.15, 0.2) is 36.4 Å².